The van der Waals surface area contributed by atoms with E-state index in [-0.39, 0.29) is 18.4 Å². The number of halogens is 4. The van der Waals surface area contributed by atoms with Crippen molar-refractivity contribution in [3.63, 3.8) is 0 Å². The third kappa shape index (κ3) is 4.86. The number of hydrogen-bond donors (Lipinski definition) is 1. The molecule has 1 N–H and O–H groups in total. The van der Waals surface area contributed by atoms with Crippen LogP contribution in [0.4, 0.5) is 13.2 Å². The predicted octanol–water partition coefficient (Wildman–Crippen LogP) is 3.63. The first-order valence-corrected chi connectivity index (χ1v) is 4.79. The van der Waals surface area contributed by atoms with Crippen molar-refractivity contribution in [2.24, 2.45) is 0 Å². The molecule has 0 aliphatic carbocycles. The highest BCUT2D eigenvalue weighted by Gasteiger charge is 2.30. The summed E-state index contributed by atoms with van der Waals surface area (Å²) in [6.45, 7) is 4.36. The van der Waals surface area contributed by atoms with Crippen LogP contribution in [0.2, 0.25) is 0 Å². The van der Waals surface area contributed by atoms with Gasteiger partial charge in [-0.3, -0.25) is 0 Å². The lowest BCUT2D eigenvalue weighted by molar-refractivity contribution is -0.137. The number of nitrogens with one attached hydrogen (secondary N) is 1. The van der Waals surface area contributed by atoms with Crippen LogP contribution < -0.4 is 5.32 Å². The quantitative estimate of drug-likeness (QED) is 0.868. The Morgan fingerprint density at radius 3 is 2.38 bits per heavy atom. The first-order valence-electron chi connectivity index (χ1n) is 4.79. The van der Waals surface area contributed by atoms with Crippen molar-refractivity contribution < 1.29 is 13.2 Å². The molecule has 1 aromatic rings. The van der Waals surface area contributed by atoms with E-state index in [1.807, 2.05) is 13.8 Å². The summed E-state index contributed by atoms with van der Waals surface area (Å²) in [6, 6.07) is 5.64. The SMILES string of the molecule is CC(C)NCc1cccc(C(F)(F)F)c1.Cl. The van der Waals surface area contributed by atoms with Crippen LogP contribution in [0.25, 0.3) is 0 Å². The van der Waals surface area contributed by atoms with Crippen LogP contribution in [0.1, 0.15) is 25.0 Å². The van der Waals surface area contributed by atoms with Gasteiger partial charge in [0.25, 0.3) is 0 Å². The molecule has 16 heavy (non-hydrogen) atoms. The van der Waals surface area contributed by atoms with Gasteiger partial charge in [-0.15, -0.1) is 12.4 Å². The number of benzene rings is 1. The van der Waals surface area contributed by atoms with Gasteiger partial charge < -0.3 is 5.32 Å². The molecule has 0 saturated heterocycles. The van der Waals surface area contributed by atoms with Crippen molar-refractivity contribution in [3.05, 3.63) is 35.4 Å². The van der Waals surface area contributed by atoms with Crippen molar-refractivity contribution in [2.75, 3.05) is 0 Å². The van der Waals surface area contributed by atoms with Crippen LogP contribution in [-0.4, -0.2) is 6.04 Å². The Hall–Kier alpha value is -0.740. The Morgan fingerprint density at radius 2 is 1.88 bits per heavy atom. The number of alkyl halides is 3. The van der Waals surface area contributed by atoms with Gasteiger partial charge in [-0.1, -0.05) is 32.0 Å². The predicted molar refractivity (Wildman–Crippen MR) is 60.7 cm³/mol. The maximum atomic E-state index is 12.3. The monoisotopic (exact) mass is 253 g/mol. The highest BCUT2D eigenvalue weighted by Crippen LogP contribution is 2.29. The second-order valence-electron chi connectivity index (χ2n) is 3.73. The van der Waals surface area contributed by atoms with E-state index < -0.39 is 11.7 Å². The van der Waals surface area contributed by atoms with E-state index in [0.717, 1.165) is 6.07 Å². The first-order chi connectivity index (χ1) is 6.89. The summed E-state index contributed by atoms with van der Waals surface area (Å²) in [5.41, 5.74) is 0.0593. The zero-order valence-corrected chi connectivity index (χ0v) is 9.95. The summed E-state index contributed by atoms with van der Waals surface area (Å²) < 4.78 is 37.0. The normalized spacial score (nSPS) is 11.4. The smallest absolute Gasteiger partial charge is 0.310 e. The van der Waals surface area contributed by atoms with Crippen molar-refractivity contribution in [1.29, 1.82) is 0 Å². The first kappa shape index (κ1) is 15.3. The molecule has 0 heterocycles. The molecule has 0 spiro atoms. The summed E-state index contributed by atoms with van der Waals surface area (Å²) in [7, 11) is 0. The van der Waals surface area contributed by atoms with Crippen molar-refractivity contribution in [2.45, 2.75) is 32.6 Å². The van der Waals surface area contributed by atoms with Crippen molar-refractivity contribution >= 4 is 12.4 Å². The van der Waals surface area contributed by atoms with Gasteiger partial charge >= 0.3 is 6.18 Å². The van der Waals surface area contributed by atoms with E-state index in [2.05, 4.69) is 5.32 Å². The molecule has 0 atom stereocenters. The molecule has 5 heteroatoms. The van der Waals surface area contributed by atoms with Gasteiger partial charge in [0.05, 0.1) is 5.56 Å². The number of hydrogen-bond acceptors (Lipinski definition) is 1. The van der Waals surface area contributed by atoms with Crippen molar-refractivity contribution in [3.8, 4) is 0 Å². The maximum Gasteiger partial charge on any atom is 0.416 e. The van der Waals surface area contributed by atoms with Gasteiger partial charge in [0.15, 0.2) is 0 Å². The summed E-state index contributed by atoms with van der Waals surface area (Å²) in [5.74, 6) is 0. The lowest BCUT2D eigenvalue weighted by Gasteiger charge is -2.11. The minimum atomic E-state index is -4.26. The van der Waals surface area contributed by atoms with Gasteiger partial charge in [-0.25, -0.2) is 0 Å². The second kappa shape index (κ2) is 6.11. The average molecular weight is 254 g/mol. The summed E-state index contributed by atoms with van der Waals surface area (Å²) in [5, 5.41) is 3.07. The Bertz CT molecular complexity index is 323. The molecule has 0 saturated carbocycles. The van der Waals surface area contributed by atoms with Gasteiger partial charge in [-0.2, -0.15) is 13.2 Å². The van der Waals surface area contributed by atoms with E-state index in [1.54, 1.807) is 6.07 Å². The van der Waals surface area contributed by atoms with Gasteiger partial charge in [-0.05, 0) is 11.6 Å². The molecule has 1 nitrogen and oxygen atoms in total. The molecule has 0 unspecified atom stereocenters. The van der Waals surface area contributed by atoms with E-state index in [4.69, 9.17) is 0 Å². The highest BCUT2D eigenvalue weighted by molar-refractivity contribution is 5.85. The molecule has 0 amide bonds. The summed E-state index contributed by atoms with van der Waals surface area (Å²) in [4.78, 5) is 0. The zero-order chi connectivity index (χ0) is 11.5. The molecule has 0 fully saturated rings. The minimum absolute atomic E-state index is 0. The topological polar surface area (TPSA) is 12.0 Å². The van der Waals surface area contributed by atoms with Gasteiger partial charge in [0, 0.05) is 12.6 Å². The standard InChI is InChI=1S/C11H14F3N.ClH/c1-8(2)15-7-9-4-3-5-10(6-9)11(12,13)14;/h3-6,8,15H,7H2,1-2H3;1H. The molecule has 1 rings (SSSR count). The van der Waals surface area contributed by atoms with E-state index in [1.165, 1.54) is 12.1 Å². The van der Waals surface area contributed by atoms with Crippen molar-refractivity contribution in [1.82, 2.24) is 5.32 Å². The molecule has 0 radical (unpaired) electrons. The fraction of sp³-hybridized carbons (Fsp3) is 0.455. The third-order valence-corrected chi connectivity index (χ3v) is 1.97. The summed E-state index contributed by atoms with van der Waals surface area (Å²) in [6.07, 6.45) is -4.26. The molecule has 92 valence electrons. The lowest BCUT2D eigenvalue weighted by atomic mass is 10.1. The molecular formula is C11H15ClF3N. The maximum absolute atomic E-state index is 12.3. The molecule has 1 aromatic carbocycles. The van der Waals surface area contributed by atoms with Crippen LogP contribution in [0.5, 0.6) is 0 Å². The fourth-order valence-corrected chi connectivity index (χ4v) is 1.18. The Kier molecular flexibility index (Phi) is 5.83. The second-order valence-corrected chi connectivity index (χ2v) is 3.73. The largest absolute Gasteiger partial charge is 0.416 e. The Balaban J connectivity index is 0.00000225. The third-order valence-electron chi connectivity index (χ3n) is 1.97. The Labute approximate surface area is 99.5 Å². The highest BCUT2D eigenvalue weighted by atomic mass is 35.5. The van der Waals surface area contributed by atoms with Gasteiger partial charge in [0.2, 0.25) is 0 Å². The van der Waals surface area contributed by atoms with E-state index >= 15 is 0 Å². The van der Waals surface area contributed by atoms with Crippen LogP contribution in [0.15, 0.2) is 24.3 Å². The molecule has 0 aliphatic rings. The van der Waals surface area contributed by atoms with Crippen LogP contribution >= 0.6 is 12.4 Å². The number of rotatable bonds is 3. The van der Waals surface area contributed by atoms with Gasteiger partial charge in [0.1, 0.15) is 0 Å². The molecule has 0 aliphatic heterocycles. The minimum Gasteiger partial charge on any atom is -0.310 e. The van der Waals surface area contributed by atoms with E-state index in [9.17, 15) is 13.2 Å². The lowest BCUT2D eigenvalue weighted by Crippen LogP contribution is -2.22. The average Bonchev–Trinajstić information content (AvgIpc) is 2.14. The van der Waals surface area contributed by atoms with E-state index in [0.29, 0.717) is 12.1 Å². The molecular weight excluding hydrogens is 239 g/mol. The molecule has 0 bridgehead atoms. The zero-order valence-electron chi connectivity index (χ0n) is 9.14. The van der Waals surface area contributed by atoms with Crippen LogP contribution in [0, 0.1) is 0 Å². The van der Waals surface area contributed by atoms with Crippen LogP contribution in [0.3, 0.4) is 0 Å². The Morgan fingerprint density at radius 1 is 1.25 bits per heavy atom. The fourth-order valence-electron chi connectivity index (χ4n) is 1.18. The summed E-state index contributed by atoms with van der Waals surface area (Å²) >= 11 is 0. The molecule has 0 aromatic heterocycles. The van der Waals surface area contributed by atoms with Crippen LogP contribution in [-0.2, 0) is 12.7 Å².